The van der Waals surface area contributed by atoms with E-state index >= 15 is 0 Å². The summed E-state index contributed by atoms with van der Waals surface area (Å²) >= 11 is 0. The van der Waals surface area contributed by atoms with E-state index < -0.39 is 0 Å². The van der Waals surface area contributed by atoms with Gasteiger partial charge in [0.2, 0.25) is 0 Å². The second-order valence-corrected chi connectivity index (χ2v) is 6.65. The minimum Gasteiger partial charge on any atom is -0.323 e. The molecule has 1 aliphatic rings. The number of nitrogens with zero attached hydrogens (tertiary/aromatic N) is 1. The summed E-state index contributed by atoms with van der Waals surface area (Å²) in [4.78, 5) is 2.61. The Morgan fingerprint density at radius 3 is 2.53 bits per heavy atom. The molecule has 0 aliphatic carbocycles. The molecule has 2 N–H and O–H groups in total. The molecule has 2 atom stereocenters. The van der Waals surface area contributed by atoms with E-state index in [-0.39, 0.29) is 6.04 Å². The lowest BCUT2D eigenvalue weighted by molar-refractivity contribution is 0.0648. The van der Waals surface area contributed by atoms with Crippen molar-refractivity contribution in [2.75, 3.05) is 13.1 Å². The van der Waals surface area contributed by atoms with Crippen LogP contribution in [0.3, 0.4) is 0 Å². The van der Waals surface area contributed by atoms with Gasteiger partial charge in [0.05, 0.1) is 0 Å². The summed E-state index contributed by atoms with van der Waals surface area (Å²) in [6.45, 7) is 9.38. The third kappa shape index (κ3) is 3.58. The molecule has 106 valence electrons. The molecule has 2 heteroatoms. The van der Waals surface area contributed by atoms with Crippen LogP contribution in [0.4, 0.5) is 0 Å². The van der Waals surface area contributed by atoms with Crippen LogP contribution in [0.2, 0.25) is 0 Å². The second-order valence-electron chi connectivity index (χ2n) is 6.65. The minimum absolute atomic E-state index is 0.125. The fourth-order valence-corrected chi connectivity index (χ4v) is 3.39. The predicted molar refractivity (Wildman–Crippen MR) is 82.0 cm³/mol. The van der Waals surface area contributed by atoms with Crippen molar-refractivity contribution in [2.45, 2.75) is 52.1 Å². The highest BCUT2D eigenvalue weighted by atomic mass is 15.2. The average molecular weight is 260 g/mol. The lowest BCUT2D eigenvalue weighted by atomic mass is 9.82. The molecular formula is C17H28N2. The summed E-state index contributed by atoms with van der Waals surface area (Å²) in [5.74, 6) is 0. The second kappa shape index (κ2) is 6.06. The number of nitrogens with two attached hydrogens (primary N) is 1. The largest absolute Gasteiger partial charge is 0.323 e. The van der Waals surface area contributed by atoms with Crippen LogP contribution in [-0.2, 0) is 0 Å². The molecule has 1 aromatic rings. The molecule has 0 amide bonds. The molecule has 0 radical (unpaired) electrons. The van der Waals surface area contributed by atoms with Crippen LogP contribution < -0.4 is 5.73 Å². The van der Waals surface area contributed by atoms with Gasteiger partial charge in [-0.1, -0.05) is 51.1 Å². The number of likely N-dealkylation sites (tertiary alicyclic amines) is 1. The molecule has 1 heterocycles. The van der Waals surface area contributed by atoms with Crippen molar-refractivity contribution in [1.82, 2.24) is 4.90 Å². The van der Waals surface area contributed by atoms with E-state index in [1.807, 2.05) is 0 Å². The van der Waals surface area contributed by atoms with Crippen LogP contribution in [0, 0.1) is 5.41 Å². The molecule has 1 fully saturated rings. The van der Waals surface area contributed by atoms with Crippen molar-refractivity contribution >= 4 is 0 Å². The Bertz CT molecular complexity index is 386. The molecule has 2 rings (SSSR count). The third-order valence-electron chi connectivity index (χ3n) is 4.42. The summed E-state index contributed by atoms with van der Waals surface area (Å²) in [6.07, 6.45) is 3.75. The number of hydrogen-bond donors (Lipinski definition) is 1. The summed E-state index contributed by atoms with van der Waals surface area (Å²) in [6, 6.07) is 11.1. The number of hydrogen-bond acceptors (Lipinski definition) is 2. The van der Waals surface area contributed by atoms with Crippen LogP contribution in [0.25, 0.3) is 0 Å². The Balaban J connectivity index is 2.11. The number of benzene rings is 1. The first kappa shape index (κ1) is 14.5. The van der Waals surface area contributed by atoms with Gasteiger partial charge < -0.3 is 5.73 Å². The lowest BCUT2D eigenvalue weighted by Crippen LogP contribution is -2.49. The topological polar surface area (TPSA) is 29.3 Å². The molecule has 0 bridgehead atoms. The maximum Gasteiger partial charge on any atom is 0.0453 e. The number of piperidine rings is 1. The van der Waals surface area contributed by atoms with Crippen LogP contribution in [0.1, 0.15) is 51.6 Å². The van der Waals surface area contributed by atoms with E-state index in [9.17, 15) is 0 Å². The fraction of sp³-hybridized carbons (Fsp3) is 0.647. The van der Waals surface area contributed by atoms with Crippen LogP contribution >= 0.6 is 0 Å². The minimum atomic E-state index is 0.125. The molecule has 0 saturated carbocycles. The van der Waals surface area contributed by atoms with Crippen molar-refractivity contribution in [1.29, 1.82) is 0 Å². The summed E-state index contributed by atoms with van der Waals surface area (Å²) < 4.78 is 0. The Morgan fingerprint density at radius 1 is 1.26 bits per heavy atom. The van der Waals surface area contributed by atoms with Crippen molar-refractivity contribution in [3.63, 3.8) is 0 Å². The molecule has 2 unspecified atom stereocenters. The summed E-state index contributed by atoms with van der Waals surface area (Å²) in [5, 5.41) is 0. The highest BCUT2D eigenvalue weighted by molar-refractivity contribution is 5.20. The summed E-state index contributed by atoms with van der Waals surface area (Å²) in [5.41, 5.74) is 8.22. The zero-order valence-corrected chi connectivity index (χ0v) is 12.6. The van der Waals surface area contributed by atoms with E-state index in [1.165, 1.54) is 31.5 Å². The third-order valence-corrected chi connectivity index (χ3v) is 4.42. The standard InChI is InChI=1S/C17H28N2/c1-4-15(16(18)14-9-6-5-7-10-14)19-12-8-11-17(2,3)13-19/h5-7,9-10,15-16H,4,8,11-13,18H2,1-3H3. The molecule has 1 saturated heterocycles. The van der Waals surface area contributed by atoms with Gasteiger partial charge in [0.25, 0.3) is 0 Å². The molecule has 0 spiro atoms. The highest BCUT2D eigenvalue weighted by Gasteiger charge is 2.32. The van der Waals surface area contributed by atoms with Gasteiger partial charge in [0.15, 0.2) is 0 Å². The van der Waals surface area contributed by atoms with E-state index in [0.29, 0.717) is 11.5 Å². The van der Waals surface area contributed by atoms with E-state index in [2.05, 4.69) is 56.0 Å². The first-order valence-corrected chi connectivity index (χ1v) is 7.58. The SMILES string of the molecule is CCC(C(N)c1ccccc1)N1CCCC(C)(C)C1. The number of rotatable bonds is 4. The zero-order valence-electron chi connectivity index (χ0n) is 12.6. The van der Waals surface area contributed by atoms with Crippen LogP contribution in [0.5, 0.6) is 0 Å². The normalized spacial score (nSPS) is 22.9. The molecule has 0 aromatic heterocycles. The van der Waals surface area contributed by atoms with Crippen molar-refractivity contribution in [3.05, 3.63) is 35.9 Å². The maximum absolute atomic E-state index is 6.53. The first-order chi connectivity index (χ1) is 9.03. The lowest BCUT2D eigenvalue weighted by Gasteiger charge is -2.44. The van der Waals surface area contributed by atoms with Gasteiger partial charge in [-0.15, -0.1) is 0 Å². The van der Waals surface area contributed by atoms with Gasteiger partial charge in [-0.3, -0.25) is 4.90 Å². The molecule has 2 nitrogen and oxygen atoms in total. The Morgan fingerprint density at radius 2 is 1.95 bits per heavy atom. The maximum atomic E-state index is 6.53. The van der Waals surface area contributed by atoms with Crippen LogP contribution in [-0.4, -0.2) is 24.0 Å². The Labute approximate surface area is 118 Å². The Kier molecular flexibility index (Phi) is 4.64. The van der Waals surface area contributed by atoms with Gasteiger partial charge >= 0.3 is 0 Å². The van der Waals surface area contributed by atoms with E-state index in [4.69, 9.17) is 5.73 Å². The van der Waals surface area contributed by atoms with E-state index in [0.717, 1.165) is 6.42 Å². The highest BCUT2D eigenvalue weighted by Crippen LogP contribution is 2.32. The van der Waals surface area contributed by atoms with Gasteiger partial charge in [-0.2, -0.15) is 0 Å². The van der Waals surface area contributed by atoms with Gasteiger partial charge in [0.1, 0.15) is 0 Å². The summed E-state index contributed by atoms with van der Waals surface area (Å²) in [7, 11) is 0. The van der Waals surface area contributed by atoms with Crippen molar-refractivity contribution in [2.24, 2.45) is 11.1 Å². The fourth-order valence-electron chi connectivity index (χ4n) is 3.39. The average Bonchev–Trinajstić information content (AvgIpc) is 2.39. The molecule has 1 aliphatic heterocycles. The molecule has 1 aromatic carbocycles. The molecule has 19 heavy (non-hydrogen) atoms. The molecular weight excluding hydrogens is 232 g/mol. The van der Waals surface area contributed by atoms with Crippen LogP contribution in [0.15, 0.2) is 30.3 Å². The Hall–Kier alpha value is -0.860. The quantitative estimate of drug-likeness (QED) is 0.896. The first-order valence-electron chi connectivity index (χ1n) is 7.58. The predicted octanol–water partition coefficient (Wildman–Crippen LogP) is 3.59. The van der Waals surface area contributed by atoms with Gasteiger partial charge in [0, 0.05) is 18.6 Å². The van der Waals surface area contributed by atoms with E-state index in [1.54, 1.807) is 0 Å². The van der Waals surface area contributed by atoms with Crippen molar-refractivity contribution < 1.29 is 0 Å². The van der Waals surface area contributed by atoms with Crippen molar-refractivity contribution in [3.8, 4) is 0 Å². The van der Waals surface area contributed by atoms with Gasteiger partial charge in [-0.25, -0.2) is 0 Å². The monoisotopic (exact) mass is 260 g/mol. The zero-order chi connectivity index (χ0) is 13.9. The smallest absolute Gasteiger partial charge is 0.0453 e. The van der Waals surface area contributed by atoms with Gasteiger partial charge in [-0.05, 0) is 36.8 Å².